The average Bonchev–Trinajstić information content (AvgIpc) is 2.33. The first-order valence-corrected chi connectivity index (χ1v) is 5.36. The number of pyridine rings is 1. The Morgan fingerprint density at radius 3 is 2.71 bits per heavy atom. The number of hydrogen-bond acceptors (Lipinski definition) is 2. The zero-order valence-corrected chi connectivity index (χ0v) is 9.42. The summed E-state index contributed by atoms with van der Waals surface area (Å²) in [5.74, 6) is -0.910. The van der Waals surface area contributed by atoms with Crippen LogP contribution in [0.2, 0.25) is 0 Å². The van der Waals surface area contributed by atoms with Crippen molar-refractivity contribution >= 4 is 11.6 Å². The lowest BCUT2D eigenvalue weighted by Crippen LogP contribution is -1.93. The van der Waals surface area contributed by atoms with Crippen LogP contribution < -0.4 is 4.74 Å². The summed E-state index contributed by atoms with van der Waals surface area (Å²) in [5.41, 5.74) is 0.686. The Kier molecular flexibility index (Phi) is 3.54. The number of benzene rings is 1. The number of ether oxygens (including phenoxy) is 1. The van der Waals surface area contributed by atoms with Crippen molar-refractivity contribution in [2.45, 2.75) is 5.88 Å². The molecule has 0 bridgehead atoms. The van der Waals surface area contributed by atoms with Gasteiger partial charge in [0.15, 0.2) is 11.6 Å². The second kappa shape index (κ2) is 5.10. The molecule has 0 spiro atoms. The van der Waals surface area contributed by atoms with Crippen LogP contribution in [0.3, 0.4) is 0 Å². The van der Waals surface area contributed by atoms with Crippen molar-refractivity contribution in [3.63, 3.8) is 0 Å². The molecule has 0 saturated heterocycles. The standard InChI is InChI=1S/C12H8ClF2NO/c13-6-8-3-4-16-7-12(8)17-11-2-1-9(14)5-10(11)15/h1-5,7H,6H2. The highest BCUT2D eigenvalue weighted by atomic mass is 35.5. The first kappa shape index (κ1) is 11.8. The zero-order chi connectivity index (χ0) is 12.3. The minimum atomic E-state index is -0.769. The van der Waals surface area contributed by atoms with Gasteiger partial charge in [-0.15, -0.1) is 11.6 Å². The first-order chi connectivity index (χ1) is 8.20. The van der Waals surface area contributed by atoms with Crippen molar-refractivity contribution in [2.75, 3.05) is 0 Å². The van der Waals surface area contributed by atoms with Gasteiger partial charge in [0.25, 0.3) is 0 Å². The monoisotopic (exact) mass is 255 g/mol. The quantitative estimate of drug-likeness (QED) is 0.776. The molecule has 0 N–H and O–H groups in total. The van der Waals surface area contributed by atoms with E-state index in [-0.39, 0.29) is 11.6 Å². The summed E-state index contributed by atoms with van der Waals surface area (Å²) in [5, 5.41) is 0. The summed E-state index contributed by atoms with van der Waals surface area (Å²) in [4.78, 5) is 3.86. The van der Waals surface area contributed by atoms with Gasteiger partial charge in [0, 0.05) is 17.8 Å². The fraction of sp³-hybridized carbons (Fsp3) is 0.0833. The lowest BCUT2D eigenvalue weighted by Gasteiger charge is -2.09. The van der Waals surface area contributed by atoms with Crippen molar-refractivity contribution < 1.29 is 13.5 Å². The summed E-state index contributed by atoms with van der Waals surface area (Å²) in [6.07, 6.45) is 2.99. The van der Waals surface area contributed by atoms with E-state index in [0.29, 0.717) is 11.3 Å². The van der Waals surface area contributed by atoms with Gasteiger partial charge in [-0.3, -0.25) is 4.98 Å². The highest BCUT2D eigenvalue weighted by molar-refractivity contribution is 6.17. The van der Waals surface area contributed by atoms with Crippen LogP contribution in [0.1, 0.15) is 5.56 Å². The summed E-state index contributed by atoms with van der Waals surface area (Å²) in [7, 11) is 0. The number of rotatable bonds is 3. The van der Waals surface area contributed by atoms with Crippen LogP contribution in [0.15, 0.2) is 36.7 Å². The Labute approximate surface area is 102 Å². The van der Waals surface area contributed by atoms with Gasteiger partial charge < -0.3 is 4.74 Å². The first-order valence-electron chi connectivity index (χ1n) is 4.82. The summed E-state index contributed by atoms with van der Waals surface area (Å²) in [6, 6.07) is 4.76. The molecule has 0 saturated carbocycles. The van der Waals surface area contributed by atoms with E-state index in [1.54, 1.807) is 12.3 Å². The number of halogens is 3. The second-order valence-electron chi connectivity index (χ2n) is 3.29. The second-order valence-corrected chi connectivity index (χ2v) is 3.56. The molecule has 1 aromatic carbocycles. The third-order valence-corrected chi connectivity index (χ3v) is 2.42. The van der Waals surface area contributed by atoms with Gasteiger partial charge in [0.2, 0.25) is 0 Å². The summed E-state index contributed by atoms with van der Waals surface area (Å²) in [6.45, 7) is 0. The highest BCUT2D eigenvalue weighted by Gasteiger charge is 2.09. The number of alkyl halides is 1. The number of hydrogen-bond donors (Lipinski definition) is 0. The van der Waals surface area contributed by atoms with Gasteiger partial charge in [-0.1, -0.05) is 0 Å². The van der Waals surface area contributed by atoms with Gasteiger partial charge >= 0.3 is 0 Å². The fourth-order valence-electron chi connectivity index (χ4n) is 1.29. The third-order valence-electron chi connectivity index (χ3n) is 2.13. The van der Waals surface area contributed by atoms with E-state index in [1.807, 2.05) is 0 Å². The van der Waals surface area contributed by atoms with E-state index in [0.717, 1.165) is 12.1 Å². The zero-order valence-electron chi connectivity index (χ0n) is 8.66. The van der Waals surface area contributed by atoms with Crippen LogP contribution in [-0.4, -0.2) is 4.98 Å². The van der Waals surface area contributed by atoms with Crippen LogP contribution >= 0.6 is 11.6 Å². The molecule has 2 aromatic rings. The van der Waals surface area contributed by atoms with Crippen molar-refractivity contribution in [3.8, 4) is 11.5 Å². The molecule has 0 unspecified atom stereocenters. The van der Waals surface area contributed by atoms with Crippen LogP contribution in [0.4, 0.5) is 8.78 Å². The predicted octanol–water partition coefficient (Wildman–Crippen LogP) is 3.89. The Balaban J connectivity index is 2.31. The van der Waals surface area contributed by atoms with Gasteiger partial charge in [0.05, 0.1) is 12.1 Å². The minimum Gasteiger partial charge on any atom is -0.452 e. The molecule has 0 aliphatic carbocycles. The Bertz CT molecular complexity index is 534. The largest absolute Gasteiger partial charge is 0.452 e. The Hall–Kier alpha value is -1.68. The maximum absolute atomic E-state index is 13.4. The molecule has 17 heavy (non-hydrogen) atoms. The maximum atomic E-state index is 13.4. The van der Waals surface area contributed by atoms with Gasteiger partial charge in [-0.25, -0.2) is 8.78 Å². The topological polar surface area (TPSA) is 22.1 Å². The van der Waals surface area contributed by atoms with E-state index in [4.69, 9.17) is 16.3 Å². The molecule has 0 amide bonds. The molecule has 2 rings (SSSR count). The van der Waals surface area contributed by atoms with Crippen LogP contribution in [-0.2, 0) is 5.88 Å². The van der Waals surface area contributed by atoms with E-state index in [9.17, 15) is 8.78 Å². The molecule has 0 aliphatic rings. The SMILES string of the molecule is Fc1ccc(Oc2cnccc2CCl)c(F)c1. The lowest BCUT2D eigenvalue weighted by molar-refractivity contribution is 0.433. The van der Waals surface area contributed by atoms with Crippen LogP contribution in [0.5, 0.6) is 11.5 Å². The third kappa shape index (κ3) is 2.71. The molecule has 0 fully saturated rings. The molecular weight excluding hydrogens is 248 g/mol. The summed E-state index contributed by atoms with van der Waals surface area (Å²) >= 11 is 5.70. The molecule has 5 heteroatoms. The molecule has 2 nitrogen and oxygen atoms in total. The number of nitrogens with zero attached hydrogens (tertiary/aromatic N) is 1. The number of aromatic nitrogens is 1. The van der Waals surface area contributed by atoms with Crippen LogP contribution in [0.25, 0.3) is 0 Å². The molecule has 0 radical (unpaired) electrons. The molecule has 1 heterocycles. The summed E-state index contributed by atoms with van der Waals surface area (Å²) < 4.78 is 31.4. The normalized spacial score (nSPS) is 10.3. The average molecular weight is 256 g/mol. The Morgan fingerprint density at radius 2 is 2.00 bits per heavy atom. The molecular formula is C12H8ClF2NO. The van der Waals surface area contributed by atoms with Crippen molar-refractivity contribution in [1.82, 2.24) is 4.98 Å². The smallest absolute Gasteiger partial charge is 0.168 e. The fourth-order valence-corrected chi connectivity index (χ4v) is 1.51. The van der Waals surface area contributed by atoms with Crippen molar-refractivity contribution in [1.29, 1.82) is 0 Å². The van der Waals surface area contributed by atoms with E-state index in [1.165, 1.54) is 12.3 Å². The van der Waals surface area contributed by atoms with Gasteiger partial charge in [0.1, 0.15) is 11.6 Å². The van der Waals surface area contributed by atoms with Crippen molar-refractivity contribution in [3.05, 3.63) is 53.9 Å². The molecule has 1 aromatic heterocycles. The predicted molar refractivity (Wildman–Crippen MR) is 60.2 cm³/mol. The molecule has 0 aliphatic heterocycles. The molecule has 88 valence electrons. The van der Waals surface area contributed by atoms with Crippen LogP contribution in [0, 0.1) is 11.6 Å². The van der Waals surface area contributed by atoms with Gasteiger partial charge in [-0.05, 0) is 18.2 Å². The van der Waals surface area contributed by atoms with Crippen molar-refractivity contribution in [2.24, 2.45) is 0 Å². The maximum Gasteiger partial charge on any atom is 0.168 e. The minimum absolute atomic E-state index is 0.0641. The van der Waals surface area contributed by atoms with E-state index >= 15 is 0 Å². The van der Waals surface area contributed by atoms with E-state index < -0.39 is 11.6 Å². The highest BCUT2D eigenvalue weighted by Crippen LogP contribution is 2.27. The van der Waals surface area contributed by atoms with Gasteiger partial charge in [-0.2, -0.15) is 0 Å². The molecule has 0 atom stereocenters. The Morgan fingerprint density at radius 1 is 1.18 bits per heavy atom. The lowest BCUT2D eigenvalue weighted by atomic mass is 10.2. The van der Waals surface area contributed by atoms with E-state index in [2.05, 4.69) is 4.98 Å².